The molecule has 0 aromatic carbocycles. The average Bonchev–Trinajstić information content (AvgIpc) is 2.67. The van der Waals surface area contributed by atoms with Crippen LogP contribution in [0.25, 0.3) is 0 Å². The maximum atomic E-state index is 11.4. The van der Waals surface area contributed by atoms with Crippen LogP contribution in [0.4, 0.5) is 0 Å². The topological polar surface area (TPSA) is 52.0 Å². The predicted molar refractivity (Wildman–Crippen MR) is 61.7 cm³/mol. The van der Waals surface area contributed by atoms with Crippen LogP contribution in [-0.4, -0.2) is 21.8 Å². The van der Waals surface area contributed by atoms with E-state index in [1.807, 2.05) is 13.0 Å². The molecule has 0 radical (unpaired) electrons. The van der Waals surface area contributed by atoms with Gasteiger partial charge < -0.3 is 0 Å². The number of carbonyl (C=O) groups excluding carboxylic acids is 2. The summed E-state index contributed by atoms with van der Waals surface area (Å²) < 4.78 is 1.61. The number of aryl methyl sites for hydroxylation is 1. The van der Waals surface area contributed by atoms with E-state index in [9.17, 15) is 9.59 Å². The normalized spacial score (nSPS) is 10.9. The summed E-state index contributed by atoms with van der Waals surface area (Å²) in [4.78, 5) is 22.1. The number of allylic oxidation sites excluding steroid dienone is 2. The molecule has 4 nitrogen and oxygen atoms in total. The molecule has 1 aromatic heterocycles. The third-order valence-electron chi connectivity index (χ3n) is 2.30. The summed E-state index contributed by atoms with van der Waals surface area (Å²) in [5.74, 6) is -0.120. The minimum Gasteiger partial charge on any atom is -0.298 e. The van der Waals surface area contributed by atoms with E-state index in [0.29, 0.717) is 24.1 Å². The van der Waals surface area contributed by atoms with Crippen molar-refractivity contribution in [2.24, 2.45) is 0 Å². The largest absolute Gasteiger partial charge is 0.298 e. The lowest BCUT2D eigenvalue weighted by Crippen LogP contribution is -2.10. The molecule has 0 atom stereocenters. The Morgan fingerprint density at radius 1 is 1.56 bits per heavy atom. The number of ketones is 1. The van der Waals surface area contributed by atoms with Crippen LogP contribution in [0.15, 0.2) is 18.3 Å². The zero-order valence-corrected chi connectivity index (χ0v) is 9.64. The predicted octanol–water partition coefficient (Wildman–Crippen LogP) is 2.25. The van der Waals surface area contributed by atoms with E-state index in [1.165, 1.54) is 13.1 Å². The molecular formula is C12H16N2O2. The van der Waals surface area contributed by atoms with Gasteiger partial charge in [-0.15, -0.1) is 0 Å². The zero-order valence-electron chi connectivity index (χ0n) is 9.64. The van der Waals surface area contributed by atoms with Gasteiger partial charge in [0, 0.05) is 13.5 Å². The van der Waals surface area contributed by atoms with E-state index in [-0.39, 0.29) is 5.78 Å². The summed E-state index contributed by atoms with van der Waals surface area (Å²) >= 11 is 0. The molecule has 1 aromatic rings. The minimum atomic E-state index is -0.120. The first-order valence-electron chi connectivity index (χ1n) is 5.33. The van der Waals surface area contributed by atoms with Crippen LogP contribution in [0.3, 0.4) is 0 Å². The lowest BCUT2D eigenvalue weighted by atomic mass is 10.2. The Morgan fingerprint density at radius 3 is 2.88 bits per heavy atom. The van der Waals surface area contributed by atoms with Crippen LogP contribution in [0.1, 0.15) is 47.5 Å². The number of carbonyl (C=O) groups is 2. The van der Waals surface area contributed by atoms with Crippen LogP contribution >= 0.6 is 0 Å². The summed E-state index contributed by atoms with van der Waals surface area (Å²) in [7, 11) is 0. The molecule has 0 N–H and O–H groups in total. The number of unbranched alkanes of at least 4 members (excludes halogenated alkanes) is 1. The quantitative estimate of drug-likeness (QED) is 0.320. The van der Waals surface area contributed by atoms with Gasteiger partial charge in [0.25, 0.3) is 0 Å². The summed E-state index contributed by atoms with van der Waals surface area (Å²) in [6.07, 6.45) is 8.03. The molecule has 0 aliphatic carbocycles. The summed E-state index contributed by atoms with van der Waals surface area (Å²) in [5, 5.41) is 4.05. The van der Waals surface area contributed by atoms with Crippen LogP contribution in [-0.2, 0) is 6.54 Å². The molecule has 0 spiro atoms. The molecule has 0 amide bonds. The fraction of sp³-hybridized carbons (Fsp3) is 0.417. The third kappa shape index (κ3) is 2.89. The molecule has 0 aliphatic heterocycles. The van der Waals surface area contributed by atoms with Crippen molar-refractivity contribution in [3.63, 3.8) is 0 Å². The number of aldehydes is 1. The van der Waals surface area contributed by atoms with E-state index in [4.69, 9.17) is 0 Å². The van der Waals surface area contributed by atoms with Gasteiger partial charge in [-0.05, 0) is 19.8 Å². The van der Waals surface area contributed by atoms with Crippen LogP contribution in [0.2, 0.25) is 0 Å². The van der Waals surface area contributed by atoms with Crippen molar-refractivity contribution in [2.75, 3.05) is 0 Å². The monoisotopic (exact) mass is 220 g/mol. The van der Waals surface area contributed by atoms with Crippen LogP contribution < -0.4 is 0 Å². The van der Waals surface area contributed by atoms with Gasteiger partial charge >= 0.3 is 0 Å². The SMILES string of the molecule is C/C=C\CCCn1ncc(C=O)c1C(C)=O. The van der Waals surface area contributed by atoms with Gasteiger partial charge in [-0.25, -0.2) is 0 Å². The lowest BCUT2D eigenvalue weighted by Gasteiger charge is -2.04. The van der Waals surface area contributed by atoms with Crippen molar-refractivity contribution in [3.8, 4) is 0 Å². The highest BCUT2D eigenvalue weighted by Crippen LogP contribution is 2.08. The number of hydrogen-bond acceptors (Lipinski definition) is 3. The molecule has 0 saturated heterocycles. The number of aromatic nitrogens is 2. The van der Waals surface area contributed by atoms with Crippen molar-refractivity contribution in [1.82, 2.24) is 9.78 Å². The van der Waals surface area contributed by atoms with Gasteiger partial charge in [-0.2, -0.15) is 5.10 Å². The minimum absolute atomic E-state index is 0.120. The van der Waals surface area contributed by atoms with Crippen molar-refractivity contribution >= 4 is 12.1 Å². The second kappa shape index (κ2) is 6.00. The molecule has 0 bridgehead atoms. The first kappa shape index (κ1) is 12.4. The highest BCUT2D eigenvalue weighted by atomic mass is 16.1. The summed E-state index contributed by atoms with van der Waals surface area (Å²) in [5.41, 5.74) is 0.786. The highest BCUT2D eigenvalue weighted by molar-refractivity contribution is 5.99. The third-order valence-corrected chi connectivity index (χ3v) is 2.30. The van der Waals surface area contributed by atoms with Gasteiger partial charge in [0.1, 0.15) is 5.69 Å². The Hall–Kier alpha value is -1.71. The molecule has 16 heavy (non-hydrogen) atoms. The smallest absolute Gasteiger partial charge is 0.178 e. The van der Waals surface area contributed by atoms with E-state index >= 15 is 0 Å². The van der Waals surface area contributed by atoms with Gasteiger partial charge in [-0.3, -0.25) is 14.3 Å². The Morgan fingerprint density at radius 2 is 2.31 bits per heavy atom. The maximum Gasteiger partial charge on any atom is 0.178 e. The molecule has 0 fully saturated rings. The first-order chi connectivity index (χ1) is 7.70. The zero-order chi connectivity index (χ0) is 12.0. The van der Waals surface area contributed by atoms with E-state index < -0.39 is 0 Å². The Balaban J connectivity index is 2.76. The van der Waals surface area contributed by atoms with Gasteiger partial charge in [0.15, 0.2) is 12.1 Å². The van der Waals surface area contributed by atoms with Crippen LogP contribution in [0, 0.1) is 0 Å². The van der Waals surface area contributed by atoms with Crippen molar-refractivity contribution in [3.05, 3.63) is 29.6 Å². The first-order valence-corrected chi connectivity index (χ1v) is 5.33. The van der Waals surface area contributed by atoms with Gasteiger partial charge in [0.05, 0.1) is 11.8 Å². The molecular weight excluding hydrogens is 204 g/mol. The van der Waals surface area contributed by atoms with Crippen LogP contribution in [0.5, 0.6) is 0 Å². The second-order valence-electron chi connectivity index (χ2n) is 3.56. The Kier molecular flexibility index (Phi) is 4.64. The van der Waals surface area contributed by atoms with Crippen molar-refractivity contribution in [1.29, 1.82) is 0 Å². The fourth-order valence-electron chi connectivity index (χ4n) is 1.57. The molecule has 0 aliphatic rings. The van der Waals surface area contributed by atoms with Gasteiger partial charge in [-0.1, -0.05) is 12.2 Å². The number of rotatable bonds is 6. The number of hydrogen-bond donors (Lipinski definition) is 0. The Labute approximate surface area is 95.0 Å². The van der Waals surface area contributed by atoms with Gasteiger partial charge in [0.2, 0.25) is 0 Å². The molecule has 86 valence electrons. The molecule has 4 heteroatoms. The molecule has 0 saturated carbocycles. The second-order valence-corrected chi connectivity index (χ2v) is 3.56. The van der Waals surface area contributed by atoms with Crippen molar-refractivity contribution < 1.29 is 9.59 Å². The maximum absolute atomic E-state index is 11.4. The molecule has 0 unspecified atom stereocenters. The fourth-order valence-corrected chi connectivity index (χ4v) is 1.57. The Bertz CT molecular complexity index is 405. The van der Waals surface area contributed by atoms with E-state index in [0.717, 1.165) is 12.8 Å². The van der Waals surface area contributed by atoms with Crippen molar-refractivity contribution in [2.45, 2.75) is 33.2 Å². The number of nitrogens with zero attached hydrogens (tertiary/aromatic N) is 2. The molecule has 1 heterocycles. The number of Topliss-reactive ketones (excluding diaryl/α,β-unsaturated/α-hetero) is 1. The summed E-state index contributed by atoms with van der Waals surface area (Å²) in [6, 6.07) is 0. The average molecular weight is 220 g/mol. The highest BCUT2D eigenvalue weighted by Gasteiger charge is 2.13. The lowest BCUT2D eigenvalue weighted by molar-refractivity contribution is 0.0995. The standard InChI is InChI=1S/C12H16N2O2/c1-3-4-5-6-7-14-12(10(2)16)11(9-15)8-13-14/h3-4,8-9H,5-7H2,1-2H3/b4-3-. The van der Waals surface area contributed by atoms with E-state index in [2.05, 4.69) is 11.2 Å². The molecule has 1 rings (SSSR count). The van der Waals surface area contributed by atoms with E-state index in [1.54, 1.807) is 4.68 Å². The summed E-state index contributed by atoms with van der Waals surface area (Å²) in [6.45, 7) is 4.08.